The molecule has 4 aromatic rings. The molecule has 1 N–H and O–H groups in total. The van der Waals surface area contributed by atoms with Crippen molar-refractivity contribution >= 4 is 39.8 Å². The number of thiophene rings is 1. The number of para-hydroxylation sites is 1. The van der Waals surface area contributed by atoms with E-state index < -0.39 is 5.97 Å². The van der Waals surface area contributed by atoms with Crippen molar-refractivity contribution in [3.63, 3.8) is 0 Å². The molecule has 6 nitrogen and oxygen atoms in total. The third kappa shape index (κ3) is 4.10. The van der Waals surface area contributed by atoms with Gasteiger partial charge in [-0.05, 0) is 36.8 Å². The molecule has 2 aromatic carbocycles. The molecule has 0 saturated heterocycles. The normalized spacial score (nSPS) is 10.7. The van der Waals surface area contributed by atoms with Gasteiger partial charge in [-0.2, -0.15) is 5.10 Å². The van der Waals surface area contributed by atoms with Crippen LogP contribution < -0.4 is 5.32 Å². The number of methoxy groups -OCH3 is 1. The Bertz CT molecular complexity index is 1250. The smallest absolute Gasteiger partial charge is 0.341 e. The lowest BCUT2D eigenvalue weighted by molar-refractivity contribution is 0.0603. The van der Waals surface area contributed by atoms with Gasteiger partial charge in [0.15, 0.2) is 0 Å². The van der Waals surface area contributed by atoms with Crippen molar-refractivity contribution in [2.24, 2.45) is 0 Å². The van der Waals surface area contributed by atoms with E-state index in [1.54, 1.807) is 16.8 Å². The molecule has 0 radical (unpaired) electrons. The van der Waals surface area contributed by atoms with Crippen LogP contribution in [0.5, 0.6) is 0 Å². The minimum absolute atomic E-state index is 0.302. The summed E-state index contributed by atoms with van der Waals surface area (Å²) >= 11 is 7.24. The minimum atomic E-state index is -0.529. The molecular formula is C23H18ClN3O3S. The first-order valence-corrected chi connectivity index (χ1v) is 10.6. The van der Waals surface area contributed by atoms with Crippen LogP contribution in [0.1, 0.15) is 26.4 Å². The van der Waals surface area contributed by atoms with Crippen molar-refractivity contribution in [2.75, 3.05) is 12.4 Å². The summed E-state index contributed by atoms with van der Waals surface area (Å²) in [7, 11) is 1.31. The van der Waals surface area contributed by atoms with Crippen molar-refractivity contribution < 1.29 is 14.3 Å². The van der Waals surface area contributed by atoms with Crippen LogP contribution in [0.4, 0.5) is 5.00 Å². The molecule has 0 aliphatic rings. The minimum Gasteiger partial charge on any atom is -0.465 e. The van der Waals surface area contributed by atoms with E-state index in [9.17, 15) is 9.59 Å². The van der Waals surface area contributed by atoms with Gasteiger partial charge in [0.25, 0.3) is 5.91 Å². The maximum absolute atomic E-state index is 13.0. The fourth-order valence-electron chi connectivity index (χ4n) is 3.23. The molecule has 0 fully saturated rings. The Morgan fingerprint density at radius 1 is 1.10 bits per heavy atom. The third-order valence-electron chi connectivity index (χ3n) is 4.82. The van der Waals surface area contributed by atoms with Crippen molar-refractivity contribution in [1.82, 2.24) is 9.78 Å². The van der Waals surface area contributed by atoms with Crippen LogP contribution in [0.15, 0.2) is 66.2 Å². The Labute approximate surface area is 188 Å². The number of halogens is 1. The number of hydrogen-bond acceptors (Lipinski definition) is 5. The van der Waals surface area contributed by atoms with E-state index in [1.807, 2.05) is 54.8 Å². The number of carbonyl (C=O) groups excluding carboxylic acids is 2. The number of nitrogens with one attached hydrogen (secondary N) is 1. The first-order valence-electron chi connectivity index (χ1n) is 9.36. The highest BCUT2D eigenvalue weighted by atomic mass is 35.5. The van der Waals surface area contributed by atoms with E-state index >= 15 is 0 Å². The summed E-state index contributed by atoms with van der Waals surface area (Å²) in [6.45, 7) is 1.82. The Balaban J connectivity index is 1.67. The molecule has 156 valence electrons. The van der Waals surface area contributed by atoms with Gasteiger partial charge in [-0.3, -0.25) is 4.79 Å². The van der Waals surface area contributed by atoms with Gasteiger partial charge >= 0.3 is 5.97 Å². The third-order valence-corrected chi connectivity index (χ3v) is 5.97. The zero-order chi connectivity index (χ0) is 22.0. The van der Waals surface area contributed by atoms with Gasteiger partial charge < -0.3 is 10.1 Å². The summed E-state index contributed by atoms with van der Waals surface area (Å²) in [4.78, 5) is 25.5. The number of esters is 1. The lowest BCUT2D eigenvalue weighted by atomic mass is 10.0. The first kappa shape index (κ1) is 20.8. The fourth-order valence-corrected chi connectivity index (χ4v) is 4.31. The second kappa shape index (κ2) is 8.75. The number of rotatable bonds is 5. The molecule has 4 rings (SSSR count). The number of carbonyl (C=O) groups is 2. The zero-order valence-corrected chi connectivity index (χ0v) is 18.3. The summed E-state index contributed by atoms with van der Waals surface area (Å²) in [6.07, 6.45) is 1.52. The van der Waals surface area contributed by atoms with Crippen molar-refractivity contribution in [3.8, 4) is 16.8 Å². The molecule has 2 aromatic heterocycles. The van der Waals surface area contributed by atoms with Crippen LogP contribution in [0.3, 0.4) is 0 Å². The number of amides is 1. The highest BCUT2D eigenvalue weighted by Gasteiger charge is 2.24. The Morgan fingerprint density at radius 2 is 1.81 bits per heavy atom. The standard InChI is InChI=1S/C23H18ClN3O3S/c1-14-18(12-25-27(14)17-6-4-3-5-7-17)21(28)26-22-20(23(29)30-2)19(13-31-22)15-8-10-16(24)11-9-15/h3-13H,1-2H3,(H,26,28). The molecule has 0 aliphatic carbocycles. The lowest BCUT2D eigenvalue weighted by Gasteiger charge is -2.08. The predicted octanol–water partition coefficient (Wildman–Crippen LogP) is 5.60. The average molecular weight is 452 g/mol. The SMILES string of the molecule is COC(=O)c1c(-c2ccc(Cl)cc2)csc1NC(=O)c1cnn(-c2ccccc2)c1C. The van der Waals surface area contributed by atoms with Gasteiger partial charge in [-0.15, -0.1) is 11.3 Å². The highest BCUT2D eigenvalue weighted by Crippen LogP contribution is 2.37. The van der Waals surface area contributed by atoms with Crippen LogP contribution >= 0.6 is 22.9 Å². The topological polar surface area (TPSA) is 73.2 Å². The summed E-state index contributed by atoms with van der Waals surface area (Å²) in [5.41, 5.74) is 3.74. The van der Waals surface area contributed by atoms with Gasteiger partial charge in [0.2, 0.25) is 0 Å². The average Bonchev–Trinajstić information content (AvgIpc) is 3.38. The summed E-state index contributed by atoms with van der Waals surface area (Å²) in [6, 6.07) is 16.7. The van der Waals surface area contributed by atoms with Crippen molar-refractivity contribution in [1.29, 1.82) is 0 Å². The molecule has 1 amide bonds. The summed E-state index contributed by atoms with van der Waals surface area (Å²) in [5.74, 6) is -0.882. The van der Waals surface area contributed by atoms with Gasteiger partial charge in [0, 0.05) is 16.0 Å². The van der Waals surface area contributed by atoms with Crippen molar-refractivity contribution in [3.05, 3.63) is 88.0 Å². The van der Waals surface area contributed by atoms with E-state index in [2.05, 4.69) is 10.4 Å². The molecule has 0 spiro atoms. The molecule has 0 atom stereocenters. The molecule has 31 heavy (non-hydrogen) atoms. The molecule has 0 unspecified atom stereocenters. The van der Waals surface area contributed by atoms with Gasteiger partial charge in [0.05, 0.1) is 30.3 Å². The van der Waals surface area contributed by atoms with E-state index in [0.717, 1.165) is 11.3 Å². The number of hydrogen-bond donors (Lipinski definition) is 1. The summed E-state index contributed by atoms with van der Waals surface area (Å²) < 4.78 is 6.67. The van der Waals surface area contributed by atoms with Crippen LogP contribution in [-0.2, 0) is 4.74 Å². The van der Waals surface area contributed by atoms with E-state index in [0.29, 0.717) is 32.4 Å². The van der Waals surface area contributed by atoms with E-state index in [4.69, 9.17) is 16.3 Å². The van der Waals surface area contributed by atoms with Crippen LogP contribution in [-0.4, -0.2) is 28.8 Å². The Hall–Kier alpha value is -3.42. The number of benzene rings is 2. The number of ether oxygens (including phenoxy) is 1. The Kier molecular flexibility index (Phi) is 5.88. The van der Waals surface area contributed by atoms with Gasteiger partial charge in [0.1, 0.15) is 10.6 Å². The maximum atomic E-state index is 13.0. The number of aromatic nitrogens is 2. The molecule has 0 saturated carbocycles. The second-order valence-electron chi connectivity index (χ2n) is 6.70. The quantitative estimate of drug-likeness (QED) is 0.401. The highest BCUT2D eigenvalue weighted by molar-refractivity contribution is 7.15. The van der Waals surface area contributed by atoms with E-state index in [1.165, 1.54) is 24.6 Å². The monoisotopic (exact) mass is 451 g/mol. The Morgan fingerprint density at radius 3 is 2.48 bits per heavy atom. The molecule has 0 aliphatic heterocycles. The molecular weight excluding hydrogens is 434 g/mol. The van der Waals surface area contributed by atoms with Crippen LogP contribution in [0.2, 0.25) is 5.02 Å². The van der Waals surface area contributed by atoms with Crippen molar-refractivity contribution in [2.45, 2.75) is 6.92 Å². The lowest BCUT2D eigenvalue weighted by Crippen LogP contribution is -2.15. The fraction of sp³-hybridized carbons (Fsp3) is 0.0870. The summed E-state index contributed by atoms with van der Waals surface area (Å²) in [5, 5.41) is 10.0. The van der Waals surface area contributed by atoms with E-state index in [-0.39, 0.29) is 5.91 Å². The predicted molar refractivity (Wildman–Crippen MR) is 122 cm³/mol. The molecule has 8 heteroatoms. The largest absolute Gasteiger partial charge is 0.465 e. The van der Waals surface area contributed by atoms with Gasteiger partial charge in [-0.25, -0.2) is 9.48 Å². The zero-order valence-electron chi connectivity index (χ0n) is 16.8. The number of nitrogens with zero attached hydrogens (tertiary/aromatic N) is 2. The maximum Gasteiger partial charge on any atom is 0.341 e. The molecule has 0 bridgehead atoms. The first-order chi connectivity index (χ1) is 15.0. The van der Waals surface area contributed by atoms with Crippen LogP contribution in [0, 0.1) is 6.92 Å². The van der Waals surface area contributed by atoms with Gasteiger partial charge in [-0.1, -0.05) is 41.9 Å². The van der Waals surface area contributed by atoms with Crippen LogP contribution in [0.25, 0.3) is 16.8 Å². The number of anilines is 1. The molecule has 2 heterocycles. The second-order valence-corrected chi connectivity index (χ2v) is 8.01.